The number of halogens is 1. The van der Waals surface area contributed by atoms with Crippen LogP contribution in [0.15, 0.2) is 4.99 Å². The Kier molecular flexibility index (Phi) is 9.73. The molecule has 0 aromatic rings. The van der Waals surface area contributed by atoms with Gasteiger partial charge in [-0.2, -0.15) is 11.8 Å². The number of guanidine groups is 1. The summed E-state index contributed by atoms with van der Waals surface area (Å²) in [6.45, 7) is 4.88. The maximum absolute atomic E-state index is 11.8. The third-order valence-electron chi connectivity index (χ3n) is 4.74. The number of ether oxygens (including phenoxy) is 1. The van der Waals surface area contributed by atoms with Gasteiger partial charge in [0.05, 0.1) is 0 Å². The number of carbonyl (C=O) groups excluding carboxylic acids is 1. The van der Waals surface area contributed by atoms with Crippen molar-refractivity contribution in [3.8, 4) is 0 Å². The van der Waals surface area contributed by atoms with Gasteiger partial charge in [0.25, 0.3) is 0 Å². The molecule has 1 spiro atoms. The molecule has 2 heterocycles. The molecular formula is C16H31IN4O2S. The van der Waals surface area contributed by atoms with Crippen molar-refractivity contribution in [1.29, 1.82) is 0 Å². The van der Waals surface area contributed by atoms with Crippen LogP contribution in [0, 0.1) is 5.41 Å². The highest BCUT2D eigenvalue weighted by molar-refractivity contribution is 14.0. The standard InChI is InChI=1S/C16H30N4O2S.HI/c1-19(2)14(21)12-18-15(17-7-11-23-3)20-8-4-16(13-20)5-9-22-10-6-16;/h4-13H2,1-3H3,(H,17,18);1H. The van der Waals surface area contributed by atoms with E-state index in [1.807, 2.05) is 11.8 Å². The van der Waals surface area contributed by atoms with Crippen molar-refractivity contribution in [2.24, 2.45) is 10.4 Å². The molecule has 1 N–H and O–H groups in total. The van der Waals surface area contributed by atoms with Crippen molar-refractivity contribution >= 4 is 47.6 Å². The third-order valence-corrected chi connectivity index (χ3v) is 5.36. The summed E-state index contributed by atoms with van der Waals surface area (Å²) < 4.78 is 5.52. The lowest BCUT2D eigenvalue weighted by Gasteiger charge is -2.33. The maximum Gasteiger partial charge on any atom is 0.243 e. The number of likely N-dealkylation sites (tertiary alicyclic amines) is 1. The van der Waals surface area contributed by atoms with E-state index >= 15 is 0 Å². The zero-order valence-corrected chi connectivity index (χ0v) is 18.2. The van der Waals surface area contributed by atoms with Crippen molar-refractivity contribution in [3.63, 3.8) is 0 Å². The predicted octanol–water partition coefficient (Wildman–Crippen LogP) is 1.50. The topological polar surface area (TPSA) is 57.2 Å². The number of nitrogens with one attached hydrogen (secondary N) is 1. The lowest BCUT2D eigenvalue weighted by atomic mass is 9.80. The summed E-state index contributed by atoms with van der Waals surface area (Å²) >= 11 is 1.81. The minimum atomic E-state index is 0. The van der Waals surface area contributed by atoms with Gasteiger partial charge < -0.3 is 19.9 Å². The molecule has 8 heteroatoms. The summed E-state index contributed by atoms with van der Waals surface area (Å²) in [6, 6.07) is 0. The lowest BCUT2D eigenvalue weighted by Crippen LogP contribution is -2.43. The summed E-state index contributed by atoms with van der Waals surface area (Å²) in [5.74, 6) is 1.96. The Balaban J connectivity index is 0.00000288. The van der Waals surface area contributed by atoms with Gasteiger partial charge in [-0.15, -0.1) is 24.0 Å². The van der Waals surface area contributed by atoms with Crippen LogP contribution in [-0.4, -0.2) is 87.2 Å². The van der Waals surface area contributed by atoms with Crippen LogP contribution in [0.3, 0.4) is 0 Å². The summed E-state index contributed by atoms with van der Waals surface area (Å²) in [5.41, 5.74) is 0.381. The highest BCUT2D eigenvalue weighted by atomic mass is 127. The Morgan fingerprint density at radius 2 is 2.04 bits per heavy atom. The van der Waals surface area contributed by atoms with E-state index in [0.29, 0.717) is 5.41 Å². The fourth-order valence-electron chi connectivity index (χ4n) is 3.14. The van der Waals surface area contributed by atoms with Crippen molar-refractivity contribution in [2.45, 2.75) is 19.3 Å². The van der Waals surface area contributed by atoms with Gasteiger partial charge in [-0.1, -0.05) is 0 Å². The number of rotatable bonds is 5. The van der Waals surface area contributed by atoms with E-state index < -0.39 is 0 Å². The van der Waals surface area contributed by atoms with Gasteiger partial charge in [0.1, 0.15) is 6.54 Å². The molecule has 2 fully saturated rings. The van der Waals surface area contributed by atoms with E-state index in [1.54, 1.807) is 19.0 Å². The first-order valence-electron chi connectivity index (χ1n) is 8.36. The van der Waals surface area contributed by atoms with Crippen LogP contribution in [0.25, 0.3) is 0 Å². The monoisotopic (exact) mass is 470 g/mol. The number of hydrogen-bond acceptors (Lipinski definition) is 4. The van der Waals surface area contributed by atoms with E-state index in [9.17, 15) is 4.79 Å². The average Bonchev–Trinajstić information content (AvgIpc) is 2.94. The molecule has 0 radical (unpaired) electrons. The van der Waals surface area contributed by atoms with Crippen molar-refractivity contribution in [2.75, 3.05) is 65.5 Å². The van der Waals surface area contributed by atoms with E-state index in [1.165, 1.54) is 6.42 Å². The Morgan fingerprint density at radius 1 is 1.33 bits per heavy atom. The molecular weight excluding hydrogens is 439 g/mol. The van der Waals surface area contributed by atoms with Gasteiger partial charge in [0.2, 0.25) is 5.91 Å². The number of carbonyl (C=O) groups is 1. The SMILES string of the molecule is CSCCNC(=NCC(=O)N(C)C)N1CCC2(CCOCC2)C1.I. The number of amides is 1. The van der Waals surface area contributed by atoms with Crippen LogP contribution in [0.1, 0.15) is 19.3 Å². The second-order valence-electron chi connectivity index (χ2n) is 6.63. The second-order valence-corrected chi connectivity index (χ2v) is 7.62. The van der Waals surface area contributed by atoms with Crippen LogP contribution in [0.4, 0.5) is 0 Å². The van der Waals surface area contributed by atoms with Crippen LogP contribution in [0.2, 0.25) is 0 Å². The molecule has 2 rings (SSSR count). The van der Waals surface area contributed by atoms with Gasteiger partial charge in [0.15, 0.2) is 5.96 Å². The molecule has 2 aliphatic heterocycles. The molecule has 1 amide bonds. The Labute approximate surface area is 167 Å². The molecule has 0 aromatic heterocycles. The highest BCUT2D eigenvalue weighted by Crippen LogP contribution is 2.39. The first-order chi connectivity index (χ1) is 11.1. The normalized spacial score (nSPS) is 20.0. The molecule has 0 aliphatic carbocycles. The number of nitrogens with zero attached hydrogens (tertiary/aromatic N) is 3. The molecule has 0 saturated carbocycles. The molecule has 2 aliphatic rings. The van der Waals surface area contributed by atoms with Crippen LogP contribution >= 0.6 is 35.7 Å². The first-order valence-corrected chi connectivity index (χ1v) is 9.76. The Bertz CT molecular complexity index is 428. The molecule has 24 heavy (non-hydrogen) atoms. The second kappa shape index (κ2) is 10.7. The lowest BCUT2D eigenvalue weighted by molar-refractivity contribution is -0.127. The Hall–Kier alpha value is -0.220. The minimum Gasteiger partial charge on any atom is -0.381 e. The van der Waals surface area contributed by atoms with Gasteiger partial charge in [-0.25, -0.2) is 4.99 Å². The van der Waals surface area contributed by atoms with Gasteiger partial charge in [-0.05, 0) is 30.9 Å². The molecule has 6 nitrogen and oxygen atoms in total. The number of likely N-dealkylation sites (N-methyl/N-ethyl adjacent to an activating group) is 1. The predicted molar refractivity (Wildman–Crippen MR) is 111 cm³/mol. The van der Waals surface area contributed by atoms with Crippen LogP contribution in [0.5, 0.6) is 0 Å². The summed E-state index contributed by atoms with van der Waals surface area (Å²) in [5, 5.41) is 3.43. The van der Waals surface area contributed by atoms with E-state index in [4.69, 9.17) is 4.74 Å². The Morgan fingerprint density at radius 3 is 2.67 bits per heavy atom. The summed E-state index contributed by atoms with van der Waals surface area (Å²) in [7, 11) is 3.54. The summed E-state index contributed by atoms with van der Waals surface area (Å²) in [4.78, 5) is 20.3. The average molecular weight is 470 g/mol. The smallest absolute Gasteiger partial charge is 0.243 e. The molecule has 0 unspecified atom stereocenters. The maximum atomic E-state index is 11.8. The van der Waals surface area contributed by atoms with Gasteiger partial charge in [0, 0.05) is 52.7 Å². The molecule has 0 aromatic carbocycles. The molecule has 140 valence electrons. The molecule has 0 bridgehead atoms. The van der Waals surface area contributed by atoms with E-state index in [-0.39, 0.29) is 36.4 Å². The highest BCUT2D eigenvalue weighted by Gasteiger charge is 2.40. The molecule has 0 atom stereocenters. The van der Waals surface area contributed by atoms with Crippen molar-refractivity contribution < 1.29 is 9.53 Å². The third kappa shape index (κ3) is 6.25. The van der Waals surface area contributed by atoms with Crippen LogP contribution < -0.4 is 5.32 Å². The number of hydrogen-bond donors (Lipinski definition) is 1. The van der Waals surface area contributed by atoms with Gasteiger partial charge in [-0.3, -0.25) is 4.79 Å². The quantitative estimate of drug-likeness (QED) is 0.286. The van der Waals surface area contributed by atoms with Gasteiger partial charge >= 0.3 is 0 Å². The number of thioether (sulfide) groups is 1. The van der Waals surface area contributed by atoms with Crippen LogP contribution in [-0.2, 0) is 9.53 Å². The first kappa shape index (κ1) is 21.8. The fraction of sp³-hybridized carbons (Fsp3) is 0.875. The van der Waals surface area contributed by atoms with E-state index in [2.05, 4.69) is 21.5 Å². The zero-order valence-electron chi connectivity index (χ0n) is 15.0. The minimum absolute atomic E-state index is 0. The van der Waals surface area contributed by atoms with Crippen molar-refractivity contribution in [1.82, 2.24) is 15.1 Å². The fourth-order valence-corrected chi connectivity index (χ4v) is 3.45. The zero-order chi connectivity index (χ0) is 16.7. The van der Waals surface area contributed by atoms with Crippen molar-refractivity contribution in [3.05, 3.63) is 0 Å². The number of aliphatic imine (C=N–C) groups is 1. The largest absolute Gasteiger partial charge is 0.381 e. The molecule has 2 saturated heterocycles. The summed E-state index contributed by atoms with van der Waals surface area (Å²) in [6.07, 6.45) is 5.57. The van der Waals surface area contributed by atoms with E-state index in [0.717, 1.165) is 57.4 Å².